The third-order valence-electron chi connectivity index (χ3n) is 7.14. The molecule has 0 N–H and O–H groups in total. The Bertz CT molecular complexity index is 1760. The van der Waals surface area contributed by atoms with Crippen molar-refractivity contribution in [2.75, 3.05) is 6.61 Å². The molecule has 0 radical (unpaired) electrons. The van der Waals surface area contributed by atoms with Crippen molar-refractivity contribution in [3.63, 3.8) is 0 Å². The van der Waals surface area contributed by atoms with E-state index >= 15 is 0 Å². The molecule has 0 aliphatic carbocycles. The van der Waals surface area contributed by atoms with Gasteiger partial charge in [-0.15, -0.1) is 0 Å². The number of carbonyl (C=O) groups is 1. The minimum Gasteiger partial charge on any atom is -0.482 e. The highest BCUT2D eigenvalue weighted by molar-refractivity contribution is 7.97. The molecular weight excluding hydrogens is 524 g/mol. The molecule has 6 rings (SSSR count). The Labute approximate surface area is 243 Å². The van der Waals surface area contributed by atoms with Crippen LogP contribution in [-0.4, -0.2) is 12.6 Å². The SMILES string of the molecule is CC(C)(OC(=O)COc1ccc([S+](c2ccccc2)c2ccccc2)cc1)c1ccc2cc3ccccc3cc2c1. The summed E-state index contributed by atoms with van der Waals surface area (Å²) in [7, 11) is -0.236. The van der Waals surface area contributed by atoms with E-state index in [9.17, 15) is 4.79 Å². The van der Waals surface area contributed by atoms with Crippen molar-refractivity contribution >= 4 is 38.4 Å². The van der Waals surface area contributed by atoms with Crippen LogP contribution in [0.1, 0.15) is 19.4 Å². The summed E-state index contributed by atoms with van der Waals surface area (Å²) in [6.45, 7) is 3.66. The summed E-state index contributed by atoms with van der Waals surface area (Å²) in [5, 5.41) is 4.67. The summed E-state index contributed by atoms with van der Waals surface area (Å²) in [6.07, 6.45) is 0. The number of carbonyl (C=O) groups excluding carboxylic acids is 1. The molecule has 3 nitrogen and oxygen atoms in total. The van der Waals surface area contributed by atoms with Gasteiger partial charge in [-0.05, 0) is 108 Å². The van der Waals surface area contributed by atoms with Gasteiger partial charge in [-0.3, -0.25) is 0 Å². The molecule has 0 bridgehead atoms. The van der Waals surface area contributed by atoms with Crippen LogP contribution in [0.2, 0.25) is 0 Å². The van der Waals surface area contributed by atoms with Crippen molar-refractivity contribution in [3.05, 3.63) is 145 Å². The Hall–Kier alpha value is -4.54. The number of rotatable bonds is 8. The van der Waals surface area contributed by atoms with Gasteiger partial charge in [-0.25, -0.2) is 4.79 Å². The normalized spacial score (nSPS) is 11.6. The van der Waals surface area contributed by atoms with Crippen LogP contribution in [0.3, 0.4) is 0 Å². The number of hydrogen-bond acceptors (Lipinski definition) is 3. The van der Waals surface area contributed by atoms with Crippen LogP contribution in [0, 0.1) is 0 Å². The highest BCUT2D eigenvalue weighted by atomic mass is 32.2. The molecule has 0 heterocycles. The first-order valence-corrected chi connectivity index (χ1v) is 14.9. The van der Waals surface area contributed by atoms with Crippen molar-refractivity contribution in [1.82, 2.24) is 0 Å². The second-order valence-corrected chi connectivity index (χ2v) is 12.5. The van der Waals surface area contributed by atoms with E-state index in [2.05, 4.69) is 97.1 Å². The molecule has 0 fully saturated rings. The summed E-state index contributed by atoms with van der Waals surface area (Å²) in [4.78, 5) is 16.5. The first-order chi connectivity index (χ1) is 20.0. The standard InChI is InChI=1S/C37H31O3S/c1-37(2,31-18-17-29-23-27-11-9-10-12-28(27)24-30(29)25-31)40-36(38)26-39-32-19-21-35(22-20-32)41(33-13-5-3-6-14-33)34-15-7-4-8-16-34/h3-25H,26H2,1-2H3/q+1. The zero-order valence-corrected chi connectivity index (χ0v) is 23.9. The monoisotopic (exact) mass is 555 g/mol. The lowest BCUT2D eigenvalue weighted by Crippen LogP contribution is -2.28. The van der Waals surface area contributed by atoms with E-state index in [1.165, 1.54) is 25.5 Å². The fourth-order valence-electron chi connectivity index (χ4n) is 5.02. The number of fused-ring (bicyclic) bond motifs is 2. The van der Waals surface area contributed by atoms with Crippen LogP contribution in [0.5, 0.6) is 5.75 Å². The van der Waals surface area contributed by atoms with Gasteiger partial charge in [0.1, 0.15) is 11.4 Å². The van der Waals surface area contributed by atoms with Crippen LogP contribution < -0.4 is 4.74 Å². The second-order valence-electron chi connectivity index (χ2n) is 10.4. The molecule has 0 saturated carbocycles. The number of esters is 1. The van der Waals surface area contributed by atoms with Crippen LogP contribution >= 0.6 is 0 Å². The van der Waals surface area contributed by atoms with Gasteiger partial charge in [0.2, 0.25) is 0 Å². The fraction of sp³-hybridized carbons (Fsp3) is 0.108. The maximum atomic E-state index is 12.8. The number of benzene rings is 6. The molecule has 0 spiro atoms. The fourth-order valence-corrected chi connectivity index (χ4v) is 7.11. The third kappa shape index (κ3) is 5.98. The Morgan fingerprint density at radius 1 is 0.585 bits per heavy atom. The topological polar surface area (TPSA) is 35.5 Å². The first kappa shape index (κ1) is 26.7. The summed E-state index contributed by atoms with van der Waals surface area (Å²) < 4.78 is 11.7. The summed E-state index contributed by atoms with van der Waals surface area (Å²) in [5.74, 6) is 0.219. The molecule has 0 amide bonds. The molecule has 6 aromatic carbocycles. The van der Waals surface area contributed by atoms with E-state index in [-0.39, 0.29) is 17.5 Å². The zero-order valence-electron chi connectivity index (χ0n) is 23.1. The molecule has 202 valence electrons. The van der Waals surface area contributed by atoms with Gasteiger partial charge in [0.25, 0.3) is 0 Å². The lowest BCUT2D eigenvalue weighted by molar-refractivity contribution is -0.159. The van der Waals surface area contributed by atoms with Crippen LogP contribution in [0.25, 0.3) is 21.5 Å². The van der Waals surface area contributed by atoms with E-state index in [1.54, 1.807) is 0 Å². The lowest BCUT2D eigenvalue weighted by Gasteiger charge is -2.26. The average Bonchev–Trinajstić information content (AvgIpc) is 3.00. The van der Waals surface area contributed by atoms with Crippen molar-refractivity contribution in [1.29, 1.82) is 0 Å². The van der Waals surface area contributed by atoms with Gasteiger partial charge in [-0.2, -0.15) is 0 Å². The van der Waals surface area contributed by atoms with Crippen LogP contribution in [-0.2, 0) is 26.0 Å². The first-order valence-electron chi connectivity index (χ1n) is 13.7. The highest BCUT2D eigenvalue weighted by Crippen LogP contribution is 2.33. The highest BCUT2D eigenvalue weighted by Gasteiger charge is 2.29. The second kappa shape index (κ2) is 11.5. The third-order valence-corrected chi connectivity index (χ3v) is 9.37. The van der Waals surface area contributed by atoms with E-state index in [4.69, 9.17) is 9.47 Å². The predicted octanol–water partition coefficient (Wildman–Crippen LogP) is 8.95. The van der Waals surface area contributed by atoms with E-state index < -0.39 is 11.6 Å². The molecule has 41 heavy (non-hydrogen) atoms. The molecule has 0 aromatic heterocycles. The van der Waals surface area contributed by atoms with Crippen LogP contribution in [0.15, 0.2) is 154 Å². The number of hydrogen-bond donors (Lipinski definition) is 0. The van der Waals surface area contributed by atoms with Gasteiger partial charge >= 0.3 is 5.97 Å². The van der Waals surface area contributed by atoms with Gasteiger partial charge in [0.15, 0.2) is 21.3 Å². The van der Waals surface area contributed by atoms with Crippen molar-refractivity contribution < 1.29 is 14.3 Å². The van der Waals surface area contributed by atoms with E-state index in [1.807, 2.05) is 56.3 Å². The molecule has 0 unspecified atom stereocenters. The summed E-state index contributed by atoms with van der Waals surface area (Å²) in [5.41, 5.74) is 0.135. The minimum atomic E-state index is -0.802. The van der Waals surface area contributed by atoms with Gasteiger partial charge in [0.05, 0.1) is 10.9 Å². The lowest BCUT2D eigenvalue weighted by atomic mass is 9.94. The van der Waals surface area contributed by atoms with Crippen LogP contribution in [0.4, 0.5) is 0 Å². The quantitative estimate of drug-likeness (QED) is 0.107. The summed E-state index contributed by atoms with van der Waals surface area (Å²) >= 11 is 0. The molecule has 6 aromatic rings. The van der Waals surface area contributed by atoms with Crippen molar-refractivity contribution in [2.45, 2.75) is 34.1 Å². The Morgan fingerprint density at radius 2 is 1.10 bits per heavy atom. The Morgan fingerprint density at radius 3 is 1.71 bits per heavy atom. The summed E-state index contributed by atoms with van der Waals surface area (Å²) in [6, 6.07) is 47.9. The predicted molar refractivity (Wildman–Crippen MR) is 168 cm³/mol. The maximum Gasteiger partial charge on any atom is 0.345 e. The van der Waals surface area contributed by atoms with E-state index in [0.717, 1.165) is 16.3 Å². The molecule has 0 aliphatic rings. The zero-order chi connectivity index (χ0) is 28.2. The Kier molecular flexibility index (Phi) is 7.49. The average molecular weight is 556 g/mol. The maximum absolute atomic E-state index is 12.8. The molecule has 0 saturated heterocycles. The molecule has 0 atom stereocenters. The van der Waals surface area contributed by atoms with Gasteiger partial charge < -0.3 is 9.47 Å². The Balaban J connectivity index is 1.13. The van der Waals surface area contributed by atoms with Gasteiger partial charge in [-0.1, -0.05) is 72.8 Å². The smallest absolute Gasteiger partial charge is 0.345 e. The van der Waals surface area contributed by atoms with Crippen molar-refractivity contribution in [2.24, 2.45) is 0 Å². The molecular formula is C37H31O3S+. The van der Waals surface area contributed by atoms with E-state index in [0.29, 0.717) is 5.75 Å². The minimum absolute atomic E-state index is 0.163. The van der Waals surface area contributed by atoms with Crippen molar-refractivity contribution in [3.8, 4) is 5.75 Å². The largest absolute Gasteiger partial charge is 0.482 e. The number of ether oxygens (including phenoxy) is 2. The van der Waals surface area contributed by atoms with Gasteiger partial charge in [0, 0.05) is 0 Å². The molecule has 0 aliphatic heterocycles. The molecule has 4 heteroatoms.